The van der Waals surface area contributed by atoms with E-state index in [1.165, 1.54) is 0 Å². The van der Waals surface area contributed by atoms with Gasteiger partial charge in [-0.3, -0.25) is 0 Å². The Balaban J connectivity index is 2.06. The maximum atomic E-state index is 12.4. The zero-order valence-corrected chi connectivity index (χ0v) is 17.4. The van der Waals surface area contributed by atoms with Gasteiger partial charge in [0, 0.05) is 12.1 Å². The molecular weight excluding hydrogens is 329 g/mol. The Morgan fingerprint density at radius 2 is 1.73 bits per heavy atom. The van der Waals surface area contributed by atoms with Crippen LogP contribution in [0.3, 0.4) is 0 Å². The maximum absolute atomic E-state index is 12.4. The fourth-order valence-electron chi connectivity index (χ4n) is 2.91. The van der Waals surface area contributed by atoms with E-state index >= 15 is 0 Å². The smallest absolute Gasteiger partial charge is 0.445 e. The standard InChI is InChI=1S/C20H32BNO4/c1-9-22(18(2,3)4)17(23)24-14-15-11-10-12-16(13-15)21-25-19(5,6)20(7,8)26-21/h10-13H,9,14H2,1-8H3. The van der Waals surface area contributed by atoms with Crippen LogP contribution in [-0.4, -0.2) is 41.4 Å². The van der Waals surface area contributed by atoms with Gasteiger partial charge >= 0.3 is 13.2 Å². The fourth-order valence-corrected chi connectivity index (χ4v) is 2.91. The molecule has 1 aromatic carbocycles. The summed E-state index contributed by atoms with van der Waals surface area (Å²) < 4.78 is 17.7. The molecule has 1 amide bonds. The van der Waals surface area contributed by atoms with E-state index in [1.807, 2.05) is 79.7 Å². The molecule has 1 saturated heterocycles. The summed E-state index contributed by atoms with van der Waals surface area (Å²) in [5.74, 6) is 0. The van der Waals surface area contributed by atoms with Crippen molar-refractivity contribution in [2.45, 2.75) is 78.7 Å². The Morgan fingerprint density at radius 3 is 2.23 bits per heavy atom. The van der Waals surface area contributed by atoms with Crippen molar-refractivity contribution in [3.63, 3.8) is 0 Å². The molecule has 1 aliphatic heterocycles. The minimum Gasteiger partial charge on any atom is -0.445 e. The monoisotopic (exact) mass is 361 g/mol. The van der Waals surface area contributed by atoms with Crippen molar-refractivity contribution in [3.05, 3.63) is 29.8 Å². The van der Waals surface area contributed by atoms with E-state index in [0.717, 1.165) is 11.0 Å². The molecule has 0 radical (unpaired) electrons. The number of nitrogens with zero attached hydrogens (tertiary/aromatic N) is 1. The largest absolute Gasteiger partial charge is 0.494 e. The van der Waals surface area contributed by atoms with Gasteiger partial charge in [-0.2, -0.15) is 0 Å². The van der Waals surface area contributed by atoms with Crippen molar-refractivity contribution in [1.82, 2.24) is 4.90 Å². The van der Waals surface area contributed by atoms with Crippen LogP contribution in [0.1, 0.15) is 61.0 Å². The van der Waals surface area contributed by atoms with Crippen LogP contribution in [-0.2, 0) is 20.7 Å². The highest BCUT2D eigenvalue weighted by Crippen LogP contribution is 2.36. The zero-order chi connectivity index (χ0) is 19.8. The van der Waals surface area contributed by atoms with Gasteiger partial charge in [-0.1, -0.05) is 24.3 Å². The van der Waals surface area contributed by atoms with Gasteiger partial charge in [0.1, 0.15) is 6.61 Å². The second-order valence-electron chi connectivity index (χ2n) is 8.80. The molecule has 0 spiro atoms. The summed E-state index contributed by atoms with van der Waals surface area (Å²) in [5, 5.41) is 0. The summed E-state index contributed by atoms with van der Waals surface area (Å²) in [4.78, 5) is 14.1. The van der Waals surface area contributed by atoms with Gasteiger partial charge in [0.25, 0.3) is 0 Å². The number of carbonyl (C=O) groups excluding carboxylic acids is 1. The van der Waals surface area contributed by atoms with Gasteiger partial charge < -0.3 is 18.9 Å². The summed E-state index contributed by atoms with van der Waals surface area (Å²) in [6, 6.07) is 7.82. The molecule has 1 aliphatic rings. The number of amides is 1. The number of hydrogen-bond acceptors (Lipinski definition) is 4. The number of benzene rings is 1. The Hall–Kier alpha value is -1.53. The molecule has 0 N–H and O–H groups in total. The first kappa shape index (κ1) is 20.8. The second kappa shape index (κ2) is 7.24. The molecule has 144 valence electrons. The van der Waals surface area contributed by atoms with Crippen LogP contribution in [0, 0.1) is 0 Å². The summed E-state index contributed by atoms with van der Waals surface area (Å²) in [7, 11) is -0.419. The molecule has 6 heteroatoms. The van der Waals surface area contributed by atoms with Crippen molar-refractivity contribution in [3.8, 4) is 0 Å². The molecule has 0 unspecified atom stereocenters. The van der Waals surface area contributed by atoms with Crippen LogP contribution < -0.4 is 5.46 Å². The van der Waals surface area contributed by atoms with Crippen LogP contribution in [0.5, 0.6) is 0 Å². The normalized spacial score (nSPS) is 18.7. The third-order valence-corrected chi connectivity index (χ3v) is 5.19. The van der Waals surface area contributed by atoms with Crippen molar-refractivity contribution >= 4 is 18.7 Å². The first-order chi connectivity index (χ1) is 11.9. The number of ether oxygens (including phenoxy) is 1. The van der Waals surface area contributed by atoms with E-state index in [2.05, 4.69) is 0 Å². The first-order valence-electron chi connectivity index (χ1n) is 9.26. The fraction of sp³-hybridized carbons (Fsp3) is 0.650. The van der Waals surface area contributed by atoms with Crippen LogP contribution in [0.4, 0.5) is 4.79 Å². The van der Waals surface area contributed by atoms with Crippen LogP contribution in [0.2, 0.25) is 0 Å². The first-order valence-corrected chi connectivity index (χ1v) is 9.26. The van der Waals surface area contributed by atoms with Gasteiger partial charge in [0.15, 0.2) is 0 Å². The molecule has 1 aromatic rings. The highest BCUT2D eigenvalue weighted by atomic mass is 16.7. The lowest BCUT2D eigenvalue weighted by atomic mass is 9.78. The third kappa shape index (κ3) is 4.41. The van der Waals surface area contributed by atoms with Crippen molar-refractivity contribution in [2.24, 2.45) is 0 Å². The Kier molecular flexibility index (Phi) is 5.79. The minimum absolute atomic E-state index is 0.221. The van der Waals surface area contributed by atoms with Crippen molar-refractivity contribution < 1.29 is 18.8 Å². The molecule has 0 aliphatic carbocycles. The average molecular weight is 361 g/mol. The van der Waals surface area contributed by atoms with E-state index in [0.29, 0.717) is 6.54 Å². The van der Waals surface area contributed by atoms with Crippen LogP contribution in [0.25, 0.3) is 0 Å². The third-order valence-electron chi connectivity index (χ3n) is 5.19. The Morgan fingerprint density at radius 1 is 1.15 bits per heavy atom. The highest BCUT2D eigenvalue weighted by Gasteiger charge is 2.51. The topological polar surface area (TPSA) is 48.0 Å². The molecule has 26 heavy (non-hydrogen) atoms. The van der Waals surface area contributed by atoms with Crippen LogP contribution >= 0.6 is 0 Å². The molecule has 1 fully saturated rings. The van der Waals surface area contributed by atoms with Crippen LogP contribution in [0.15, 0.2) is 24.3 Å². The van der Waals surface area contributed by atoms with E-state index in [4.69, 9.17) is 14.0 Å². The van der Waals surface area contributed by atoms with Gasteiger partial charge in [-0.25, -0.2) is 4.79 Å². The van der Waals surface area contributed by atoms with Crippen molar-refractivity contribution in [2.75, 3.05) is 6.54 Å². The van der Waals surface area contributed by atoms with E-state index in [1.54, 1.807) is 4.90 Å². The van der Waals surface area contributed by atoms with Gasteiger partial charge in [-0.15, -0.1) is 0 Å². The molecule has 0 bridgehead atoms. The number of rotatable bonds is 4. The molecule has 2 rings (SSSR count). The molecule has 0 saturated carbocycles. The average Bonchev–Trinajstić information content (AvgIpc) is 2.73. The SMILES string of the molecule is CCN(C(=O)OCc1cccc(B2OC(C)(C)C(C)(C)O2)c1)C(C)(C)C. The zero-order valence-electron chi connectivity index (χ0n) is 17.4. The highest BCUT2D eigenvalue weighted by molar-refractivity contribution is 6.62. The lowest BCUT2D eigenvalue weighted by Gasteiger charge is -2.33. The predicted molar refractivity (Wildman–Crippen MR) is 104 cm³/mol. The molecular formula is C20H32BNO4. The van der Waals surface area contributed by atoms with Gasteiger partial charge in [0.2, 0.25) is 0 Å². The number of carbonyl (C=O) groups is 1. The summed E-state index contributed by atoms with van der Waals surface area (Å²) in [6.45, 7) is 16.9. The molecule has 1 heterocycles. The van der Waals surface area contributed by atoms with E-state index in [-0.39, 0.29) is 29.4 Å². The van der Waals surface area contributed by atoms with E-state index in [9.17, 15) is 4.79 Å². The lowest BCUT2D eigenvalue weighted by molar-refractivity contribution is 0.00578. The quantitative estimate of drug-likeness (QED) is 0.767. The number of hydrogen-bond donors (Lipinski definition) is 0. The van der Waals surface area contributed by atoms with Gasteiger partial charge in [0.05, 0.1) is 11.2 Å². The molecule has 0 aromatic heterocycles. The Bertz CT molecular complexity index is 635. The predicted octanol–water partition coefficient (Wildman–Crippen LogP) is 3.74. The lowest BCUT2D eigenvalue weighted by Crippen LogP contribution is -2.45. The minimum atomic E-state index is -0.419. The molecule has 5 nitrogen and oxygen atoms in total. The van der Waals surface area contributed by atoms with Crippen molar-refractivity contribution in [1.29, 1.82) is 0 Å². The Labute approximate surface area is 158 Å². The summed E-state index contributed by atoms with van der Waals surface area (Å²) in [6.07, 6.45) is -0.305. The molecule has 0 atom stereocenters. The summed E-state index contributed by atoms with van der Waals surface area (Å²) >= 11 is 0. The van der Waals surface area contributed by atoms with E-state index < -0.39 is 7.12 Å². The second-order valence-corrected chi connectivity index (χ2v) is 8.80. The van der Waals surface area contributed by atoms with Gasteiger partial charge in [-0.05, 0) is 66.4 Å². The maximum Gasteiger partial charge on any atom is 0.494 e. The summed E-state index contributed by atoms with van der Waals surface area (Å²) in [5.41, 5.74) is 0.815.